The van der Waals surface area contributed by atoms with E-state index in [1.165, 1.54) is 0 Å². The number of rotatable bonds is 4. The number of nitrogens with two attached hydrogens (primary N) is 2. The van der Waals surface area contributed by atoms with Crippen molar-refractivity contribution in [3.8, 4) is 0 Å². The summed E-state index contributed by atoms with van der Waals surface area (Å²) >= 11 is 0. The van der Waals surface area contributed by atoms with Gasteiger partial charge in [0.25, 0.3) is 5.91 Å². The molecule has 108 valence electrons. The zero-order valence-electron chi connectivity index (χ0n) is 12.0. The summed E-state index contributed by atoms with van der Waals surface area (Å²) in [6.07, 6.45) is 0.502. The second kappa shape index (κ2) is 5.75. The van der Waals surface area contributed by atoms with Gasteiger partial charge in [0.1, 0.15) is 5.69 Å². The Kier molecular flexibility index (Phi) is 4.03. The molecule has 5 nitrogen and oxygen atoms in total. The van der Waals surface area contributed by atoms with Gasteiger partial charge in [-0.1, -0.05) is 29.8 Å². The van der Waals surface area contributed by atoms with Crippen LogP contribution in [0.25, 0.3) is 0 Å². The third kappa shape index (κ3) is 3.25. The molecule has 0 fully saturated rings. The number of nitrogens with zero attached hydrogens (tertiary/aromatic N) is 1. The predicted octanol–water partition coefficient (Wildman–Crippen LogP) is 1.49. The molecule has 2 aromatic rings. The Morgan fingerprint density at radius 2 is 1.81 bits per heavy atom. The molecule has 1 aromatic carbocycles. The largest absolute Gasteiger partial charge is 0.366 e. The summed E-state index contributed by atoms with van der Waals surface area (Å²) in [4.78, 5) is 27.2. The fraction of sp³-hybridized carbons (Fsp3) is 0.188. The van der Waals surface area contributed by atoms with Crippen molar-refractivity contribution in [1.29, 1.82) is 0 Å². The van der Waals surface area contributed by atoms with Crippen molar-refractivity contribution in [2.45, 2.75) is 20.3 Å². The summed E-state index contributed by atoms with van der Waals surface area (Å²) < 4.78 is 0. The first-order valence-electron chi connectivity index (χ1n) is 6.54. The van der Waals surface area contributed by atoms with Crippen LogP contribution >= 0.6 is 0 Å². The van der Waals surface area contributed by atoms with E-state index < -0.39 is 11.8 Å². The molecule has 1 heterocycles. The first-order valence-corrected chi connectivity index (χ1v) is 6.54. The minimum absolute atomic E-state index is 0.0916. The normalized spacial score (nSPS) is 10.4. The molecule has 0 bridgehead atoms. The van der Waals surface area contributed by atoms with Crippen LogP contribution in [0.2, 0.25) is 0 Å². The maximum atomic E-state index is 11.5. The molecule has 0 unspecified atom stereocenters. The van der Waals surface area contributed by atoms with E-state index in [1.807, 2.05) is 31.2 Å². The minimum atomic E-state index is -0.666. The Morgan fingerprint density at radius 1 is 1.10 bits per heavy atom. The lowest BCUT2D eigenvalue weighted by Gasteiger charge is -2.10. The van der Waals surface area contributed by atoms with Gasteiger partial charge in [0, 0.05) is 17.7 Å². The molecule has 5 heteroatoms. The van der Waals surface area contributed by atoms with Crippen LogP contribution in [0.3, 0.4) is 0 Å². The summed E-state index contributed by atoms with van der Waals surface area (Å²) in [7, 11) is 0. The van der Waals surface area contributed by atoms with Crippen LogP contribution in [0.5, 0.6) is 0 Å². The second-order valence-corrected chi connectivity index (χ2v) is 5.03. The quantitative estimate of drug-likeness (QED) is 0.889. The molecule has 2 rings (SSSR count). The molecular formula is C16H17N3O2. The van der Waals surface area contributed by atoms with E-state index in [0.29, 0.717) is 17.7 Å². The Labute approximate surface area is 123 Å². The Balaban J connectivity index is 2.49. The van der Waals surface area contributed by atoms with Crippen molar-refractivity contribution in [3.63, 3.8) is 0 Å². The highest BCUT2D eigenvalue weighted by molar-refractivity contribution is 5.99. The predicted molar refractivity (Wildman–Crippen MR) is 80.0 cm³/mol. The van der Waals surface area contributed by atoms with E-state index in [9.17, 15) is 9.59 Å². The Morgan fingerprint density at radius 3 is 2.38 bits per heavy atom. The molecule has 4 N–H and O–H groups in total. The maximum absolute atomic E-state index is 11.5. The molecule has 0 aliphatic heterocycles. The SMILES string of the molecule is Cc1cccc(Cc2cc(C(N)=O)c(C)c(C(N)=O)n2)c1. The summed E-state index contributed by atoms with van der Waals surface area (Å²) in [5, 5.41) is 0. The van der Waals surface area contributed by atoms with Gasteiger partial charge in [-0.3, -0.25) is 9.59 Å². The van der Waals surface area contributed by atoms with Gasteiger partial charge in [0.05, 0.1) is 0 Å². The number of aryl methyl sites for hydroxylation is 1. The van der Waals surface area contributed by atoms with Crippen LogP contribution in [0.1, 0.15) is 43.2 Å². The lowest BCUT2D eigenvalue weighted by Crippen LogP contribution is -2.21. The van der Waals surface area contributed by atoms with Crippen LogP contribution in [0, 0.1) is 13.8 Å². The van der Waals surface area contributed by atoms with Crippen molar-refractivity contribution < 1.29 is 9.59 Å². The van der Waals surface area contributed by atoms with E-state index in [-0.39, 0.29) is 11.3 Å². The van der Waals surface area contributed by atoms with Crippen LogP contribution in [0.15, 0.2) is 30.3 Å². The number of hydrogen-bond donors (Lipinski definition) is 2. The van der Waals surface area contributed by atoms with Gasteiger partial charge in [-0.05, 0) is 31.0 Å². The summed E-state index contributed by atoms with van der Waals surface area (Å²) in [6.45, 7) is 3.61. The maximum Gasteiger partial charge on any atom is 0.267 e. The molecule has 0 saturated heterocycles. The zero-order valence-corrected chi connectivity index (χ0v) is 12.0. The highest BCUT2D eigenvalue weighted by Crippen LogP contribution is 2.16. The van der Waals surface area contributed by atoms with Crippen LogP contribution in [-0.2, 0) is 6.42 Å². The summed E-state index contributed by atoms with van der Waals surface area (Å²) in [5.74, 6) is -1.26. The summed E-state index contributed by atoms with van der Waals surface area (Å²) in [5.41, 5.74) is 14.2. The van der Waals surface area contributed by atoms with E-state index in [2.05, 4.69) is 4.98 Å². The van der Waals surface area contributed by atoms with Gasteiger partial charge in [0.2, 0.25) is 5.91 Å². The third-order valence-electron chi connectivity index (χ3n) is 3.29. The van der Waals surface area contributed by atoms with Crippen molar-refractivity contribution in [2.75, 3.05) is 0 Å². The highest BCUT2D eigenvalue weighted by atomic mass is 16.1. The van der Waals surface area contributed by atoms with Crippen LogP contribution in [-0.4, -0.2) is 16.8 Å². The third-order valence-corrected chi connectivity index (χ3v) is 3.29. The average molecular weight is 283 g/mol. The number of hydrogen-bond acceptors (Lipinski definition) is 3. The number of carbonyl (C=O) groups excluding carboxylic acids is 2. The fourth-order valence-electron chi connectivity index (χ4n) is 2.28. The molecule has 1 aromatic heterocycles. The number of amides is 2. The first-order chi connectivity index (χ1) is 9.88. The van der Waals surface area contributed by atoms with Gasteiger partial charge in [-0.15, -0.1) is 0 Å². The fourth-order valence-corrected chi connectivity index (χ4v) is 2.28. The van der Waals surface area contributed by atoms with Crippen molar-refractivity contribution in [1.82, 2.24) is 4.98 Å². The van der Waals surface area contributed by atoms with Gasteiger partial charge < -0.3 is 11.5 Å². The first kappa shape index (κ1) is 14.7. The van der Waals surface area contributed by atoms with E-state index in [1.54, 1.807) is 13.0 Å². The minimum Gasteiger partial charge on any atom is -0.366 e. The number of benzene rings is 1. The topological polar surface area (TPSA) is 99.1 Å². The van der Waals surface area contributed by atoms with Crippen LogP contribution < -0.4 is 11.5 Å². The van der Waals surface area contributed by atoms with Gasteiger partial charge in [-0.2, -0.15) is 0 Å². The number of primary amides is 2. The standard InChI is InChI=1S/C16H17N3O2/c1-9-4-3-5-11(6-9)7-12-8-13(15(17)20)10(2)14(19-12)16(18)21/h3-6,8H,7H2,1-2H3,(H2,17,20)(H2,18,21). The molecule has 0 spiro atoms. The average Bonchev–Trinajstić information content (AvgIpc) is 2.40. The van der Waals surface area contributed by atoms with Crippen molar-refractivity contribution in [2.24, 2.45) is 11.5 Å². The van der Waals surface area contributed by atoms with Crippen molar-refractivity contribution in [3.05, 3.63) is 64.0 Å². The number of aromatic nitrogens is 1. The molecule has 0 saturated carbocycles. The highest BCUT2D eigenvalue weighted by Gasteiger charge is 2.16. The number of carbonyl (C=O) groups is 2. The van der Waals surface area contributed by atoms with E-state index in [4.69, 9.17) is 11.5 Å². The smallest absolute Gasteiger partial charge is 0.267 e. The molecule has 0 aliphatic carbocycles. The molecule has 0 atom stereocenters. The Bertz CT molecular complexity index is 688. The zero-order chi connectivity index (χ0) is 15.6. The van der Waals surface area contributed by atoms with Crippen LogP contribution in [0.4, 0.5) is 0 Å². The van der Waals surface area contributed by atoms with Gasteiger partial charge >= 0.3 is 0 Å². The monoisotopic (exact) mass is 283 g/mol. The van der Waals surface area contributed by atoms with Gasteiger partial charge in [-0.25, -0.2) is 4.98 Å². The molecule has 21 heavy (non-hydrogen) atoms. The second-order valence-electron chi connectivity index (χ2n) is 5.03. The van der Waals surface area contributed by atoms with Crippen molar-refractivity contribution >= 4 is 11.8 Å². The van der Waals surface area contributed by atoms with Gasteiger partial charge in [0.15, 0.2) is 0 Å². The Hall–Kier alpha value is -2.69. The lowest BCUT2D eigenvalue weighted by atomic mass is 10.0. The lowest BCUT2D eigenvalue weighted by molar-refractivity contribution is 0.0994. The molecule has 0 radical (unpaired) electrons. The van der Waals surface area contributed by atoms with E-state index in [0.717, 1.165) is 11.1 Å². The molecular weight excluding hydrogens is 266 g/mol. The number of pyridine rings is 1. The molecule has 0 aliphatic rings. The summed E-state index contributed by atoms with van der Waals surface area (Å²) in [6, 6.07) is 9.54. The van der Waals surface area contributed by atoms with E-state index >= 15 is 0 Å². The molecule has 2 amide bonds.